The van der Waals surface area contributed by atoms with Crippen molar-refractivity contribution in [3.05, 3.63) is 46.6 Å². The van der Waals surface area contributed by atoms with Gasteiger partial charge in [0.2, 0.25) is 10.0 Å². The number of hydrogen-bond acceptors (Lipinski definition) is 3. The van der Waals surface area contributed by atoms with Crippen LogP contribution < -0.4 is 4.72 Å². The lowest BCUT2D eigenvalue weighted by Gasteiger charge is -2.04. The Kier molecular flexibility index (Phi) is 5.61. The van der Waals surface area contributed by atoms with Crippen LogP contribution >= 0.6 is 15.9 Å². The molecule has 0 saturated carbocycles. The first-order valence-electron chi connectivity index (χ1n) is 6.82. The molecule has 0 atom stereocenters. The number of sulfonamides is 1. The van der Waals surface area contributed by atoms with Crippen LogP contribution in [0.4, 0.5) is 0 Å². The standard InChI is InChI=1S/C15H18BrNO3S/c1-2-3-10-21(18,19)17-11-14-8-9-15(20-14)12-4-6-13(16)7-5-12/h4-9,17H,2-3,10-11H2,1H3. The van der Waals surface area contributed by atoms with Gasteiger partial charge in [-0.05, 0) is 30.7 Å². The minimum atomic E-state index is -3.22. The SMILES string of the molecule is CCCCS(=O)(=O)NCc1ccc(-c2ccc(Br)cc2)o1. The molecule has 0 radical (unpaired) electrons. The minimum absolute atomic E-state index is 0.157. The van der Waals surface area contributed by atoms with Gasteiger partial charge in [-0.25, -0.2) is 13.1 Å². The van der Waals surface area contributed by atoms with Crippen molar-refractivity contribution >= 4 is 26.0 Å². The molecule has 0 spiro atoms. The van der Waals surface area contributed by atoms with Gasteiger partial charge in [-0.15, -0.1) is 0 Å². The van der Waals surface area contributed by atoms with Crippen molar-refractivity contribution in [2.75, 3.05) is 5.75 Å². The van der Waals surface area contributed by atoms with Crippen LogP contribution in [0.15, 0.2) is 45.3 Å². The van der Waals surface area contributed by atoms with E-state index in [1.165, 1.54) is 0 Å². The molecule has 0 fully saturated rings. The molecule has 6 heteroatoms. The molecule has 1 heterocycles. The van der Waals surface area contributed by atoms with Crippen LogP contribution in [-0.2, 0) is 16.6 Å². The zero-order chi connectivity index (χ0) is 15.3. The molecule has 0 aliphatic carbocycles. The number of nitrogens with one attached hydrogen (secondary N) is 1. The van der Waals surface area contributed by atoms with Crippen molar-refractivity contribution in [3.8, 4) is 11.3 Å². The van der Waals surface area contributed by atoms with Crippen molar-refractivity contribution in [2.24, 2.45) is 0 Å². The molecule has 0 amide bonds. The van der Waals surface area contributed by atoms with Gasteiger partial charge in [0.05, 0.1) is 12.3 Å². The van der Waals surface area contributed by atoms with Crippen molar-refractivity contribution in [2.45, 2.75) is 26.3 Å². The van der Waals surface area contributed by atoms with Gasteiger partial charge in [-0.1, -0.05) is 41.4 Å². The van der Waals surface area contributed by atoms with Gasteiger partial charge in [0.25, 0.3) is 0 Å². The molecule has 4 nitrogen and oxygen atoms in total. The monoisotopic (exact) mass is 371 g/mol. The first-order valence-corrected chi connectivity index (χ1v) is 9.26. The van der Waals surface area contributed by atoms with Crippen molar-refractivity contribution in [3.63, 3.8) is 0 Å². The topological polar surface area (TPSA) is 59.3 Å². The predicted octanol–water partition coefficient (Wildman–Crippen LogP) is 3.93. The van der Waals surface area contributed by atoms with Crippen LogP contribution in [0.3, 0.4) is 0 Å². The van der Waals surface area contributed by atoms with E-state index in [1.807, 2.05) is 37.3 Å². The zero-order valence-electron chi connectivity index (χ0n) is 11.8. The molecule has 0 bridgehead atoms. The first-order chi connectivity index (χ1) is 10.00. The number of halogens is 1. The van der Waals surface area contributed by atoms with Crippen LogP contribution in [0.1, 0.15) is 25.5 Å². The Bertz CT molecular complexity index is 677. The summed E-state index contributed by atoms with van der Waals surface area (Å²) in [4.78, 5) is 0. The maximum absolute atomic E-state index is 11.7. The van der Waals surface area contributed by atoms with E-state index in [9.17, 15) is 8.42 Å². The normalized spacial score (nSPS) is 11.7. The molecule has 1 aromatic heterocycles. The van der Waals surface area contributed by atoms with E-state index in [2.05, 4.69) is 20.7 Å². The third-order valence-electron chi connectivity index (χ3n) is 3.02. The molecule has 1 N–H and O–H groups in total. The van der Waals surface area contributed by atoms with Gasteiger partial charge in [0.1, 0.15) is 11.5 Å². The number of furan rings is 1. The maximum atomic E-state index is 11.7. The van der Waals surface area contributed by atoms with Gasteiger partial charge in [-0.2, -0.15) is 0 Å². The largest absolute Gasteiger partial charge is 0.460 e. The van der Waals surface area contributed by atoms with E-state index in [0.717, 1.165) is 22.2 Å². The Morgan fingerprint density at radius 1 is 1.14 bits per heavy atom. The molecule has 0 unspecified atom stereocenters. The van der Waals surface area contributed by atoms with Crippen LogP contribution in [0, 0.1) is 0 Å². The molecule has 0 aliphatic heterocycles. The highest BCUT2D eigenvalue weighted by Gasteiger charge is 2.11. The third kappa shape index (κ3) is 4.98. The second-order valence-electron chi connectivity index (χ2n) is 4.77. The fourth-order valence-electron chi connectivity index (χ4n) is 1.83. The lowest BCUT2D eigenvalue weighted by Crippen LogP contribution is -2.25. The number of unbranched alkanes of at least 4 members (excludes halogenated alkanes) is 1. The lowest BCUT2D eigenvalue weighted by molar-refractivity contribution is 0.509. The summed E-state index contributed by atoms with van der Waals surface area (Å²) in [7, 11) is -3.22. The quantitative estimate of drug-likeness (QED) is 0.801. The van der Waals surface area contributed by atoms with Crippen LogP contribution in [0.2, 0.25) is 0 Å². The summed E-state index contributed by atoms with van der Waals surface area (Å²) in [6.45, 7) is 2.15. The van der Waals surface area contributed by atoms with Gasteiger partial charge in [0.15, 0.2) is 0 Å². The summed E-state index contributed by atoms with van der Waals surface area (Å²) in [6, 6.07) is 11.4. The highest BCUT2D eigenvalue weighted by Crippen LogP contribution is 2.24. The average molecular weight is 372 g/mol. The van der Waals surface area contributed by atoms with Crippen LogP contribution in [0.25, 0.3) is 11.3 Å². The van der Waals surface area contributed by atoms with Gasteiger partial charge >= 0.3 is 0 Å². The predicted molar refractivity (Wildman–Crippen MR) is 87.4 cm³/mol. The van der Waals surface area contributed by atoms with Gasteiger partial charge < -0.3 is 4.42 Å². The highest BCUT2D eigenvalue weighted by molar-refractivity contribution is 9.10. The molecular weight excluding hydrogens is 354 g/mol. The first kappa shape index (κ1) is 16.3. The number of rotatable bonds is 7. The Morgan fingerprint density at radius 3 is 2.52 bits per heavy atom. The Morgan fingerprint density at radius 2 is 1.86 bits per heavy atom. The Hall–Kier alpha value is -1.11. The van der Waals surface area contributed by atoms with E-state index in [0.29, 0.717) is 12.2 Å². The second kappa shape index (κ2) is 7.24. The minimum Gasteiger partial charge on any atom is -0.460 e. The summed E-state index contributed by atoms with van der Waals surface area (Å²) < 4.78 is 32.7. The summed E-state index contributed by atoms with van der Waals surface area (Å²) in [6.07, 6.45) is 1.52. The summed E-state index contributed by atoms with van der Waals surface area (Å²) in [5.74, 6) is 1.49. The second-order valence-corrected chi connectivity index (χ2v) is 7.61. The van der Waals surface area contributed by atoms with E-state index in [4.69, 9.17) is 4.42 Å². The van der Waals surface area contributed by atoms with Crippen molar-refractivity contribution < 1.29 is 12.8 Å². The molecule has 0 aliphatic rings. The fraction of sp³-hybridized carbons (Fsp3) is 0.333. The van der Waals surface area contributed by atoms with E-state index < -0.39 is 10.0 Å². The molecule has 2 aromatic rings. The third-order valence-corrected chi connectivity index (χ3v) is 4.96. The Balaban J connectivity index is 1.99. The smallest absolute Gasteiger partial charge is 0.212 e. The summed E-state index contributed by atoms with van der Waals surface area (Å²) in [5.41, 5.74) is 0.957. The average Bonchev–Trinajstić information content (AvgIpc) is 2.93. The number of hydrogen-bond donors (Lipinski definition) is 1. The van der Waals surface area contributed by atoms with E-state index in [-0.39, 0.29) is 12.3 Å². The highest BCUT2D eigenvalue weighted by atomic mass is 79.9. The summed E-state index contributed by atoms with van der Waals surface area (Å²) >= 11 is 3.38. The van der Waals surface area contributed by atoms with Crippen molar-refractivity contribution in [1.82, 2.24) is 4.72 Å². The molecule has 0 saturated heterocycles. The molecule has 21 heavy (non-hydrogen) atoms. The molecule has 1 aromatic carbocycles. The van der Waals surface area contributed by atoms with Crippen LogP contribution in [-0.4, -0.2) is 14.2 Å². The fourth-order valence-corrected chi connectivity index (χ4v) is 3.27. The molecule has 114 valence electrons. The summed E-state index contributed by atoms with van der Waals surface area (Å²) in [5, 5.41) is 0. The molecule has 2 rings (SSSR count). The van der Waals surface area contributed by atoms with Crippen LogP contribution in [0.5, 0.6) is 0 Å². The number of benzene rings is 1. The van der Waals surface area contributed by atoms with Gasteiger partial charge in [-0.3, -0.25) is 0 Å². The van der Waals surface area contributed by atoms with Crippen molar-refractivity contribution in [1.29, 1.82) is 0 Å². The van der Waals surface area contributed by atoms with Gasteiger partial charge in [0, 0.05) is 10.0 Å². The lowest BCUT2D eigenvalue weighted by atomic mass is 10.2. The maximum Gasteiger partial charge on any atom is 0.212 e. The van der Waals surface area contributed by atoms with E-state index >= 15 is 0 Å². The zero-order valence-corrected chi connectivity index (χ0v) is 14.2. The Labute approximate surface area is 133 Å². The molecular formula is C15H18BrNO3S. The van der Waals surface area contributed by atoms with E-state index in [1.54, 1.807) is 6.07 Å².